The van der Waals surface area contributed by atoms with E-state index in [0.717, 1.165) is 18.4 Å². The van der Waals surface area contributed by atoms with Gasteiger partial charge in [-0.3, -0.25) is 29.2 Å². The summed E-state index contributed by atoms with van der Waals surface area (Å²) in [6.45, 7) is 2.13. The maximum absolute atomic E-state index is 13.3. The zero-order valence-electron chi connectivity index (χ0n) is 17.8. The molecule has 1 N–H and O–H groups in total. The highest BCUT2D eigenvalue weighted by Gasteiger charge is 2.33. The van der Waals surface area contributed by atoms with Gasteiger partial charge in [0.25, 0.3) is 27.4 Å². The van der Waals surface area contributed by atoms with Gasteiger partial charge in [-0.15, -0.1) is 11.6 Å². The lowest BCUT2D eigenvalue weighted by Crippen LogP contribution is -2.40. The van der Waals surface area contributed by atoms with Gasteiger partial charge in [0.2, 0.25) is 0 Å². The van der Waals surface area contributed by atoms with E-state index < -0.39 is 56.5 Å². The Morgan fingerprint density at radius 2 is 1.81 bits per heavy atom. The summed E-state index contributed by atoms with van der Waals surface area (Å²) in [5.41, 5.74) is -2.00. The SMILES string of the molecule is CC(C)N(CCO)C(=O)c1cc([N+](=O)[O-])cc([N+](=O)[O-])c1N(CCCl)CCOS(C)(=O)=O. The van der Waals surface area contributed by atoms with Crippen molar-refractivity contribution in [1.29, 1.82) is 0 Å². The number of nitrogens with zero attached hydrogens (tertiary/aromatic N) is 4. The van der Waals surface area contributed by atoms with Crippen LogP contribution in [-0.4, -0.2) is 85.2 Å². The Bertz CT molecular complexity index is 956. The van der Waals surface area contributed by atoms with Crippen molar-refractivity contribution >= 4 is 44.7 Å². The minimum absolute atomic E-state index is 0.0463. The predicted octanol–water partition coefficient (Wildman–Crippen LogP) is 1.37. The van der Waals surface area contributed by atoms with Crippen LogP contribution in [0.2, 0.25) is 0 Å². The maximum atomic E-state index is 13.3. The number of hydrogen-bond acceptors (Lipinski definition) is 10. The van der Waals surface area contributed by atoms with E-state index in [9.17, 15) is 38.5 Å². The number of amides is 1. The summed E-state index contributed by atoms with van der Waals surface area (Å²) in [6, 6.07) is 1.20. The lowest BCUT2D eigenvalue weighted by Gasteiger charge is -2.30. The fourth-order valence-corrected chi connectivity index (χ4v) is 3.52. The highest BCUT2D eigenvalue weighted by Crippen LogP contribution is 2.37. The Balaban J connectivity index is 3.74. The Morgan fingerprint density at radius 3 is 2.25 bits per heavy atom. The van der Waals surface area contributed by atoms with Crippen LogP contribution in [0.25, 0.3) is 0 Å². The third kappa shape index (κ3) is 7.55. The van der Waals surface area contributed by atoms with Crippen LogP contribution < -0.4 is 4.90 Å². The summed E-state index contributed by atoms with van der Waals surface area (Å²) < 4.78 is 27.3. The standard InChI is InChI=1S/C17H25ClN4O9S/c1-12(2)20(6-8-23)17(24)14-10-13(21(25)26)11-15(22(27)28)16(14)19(5-4-18)7-9-31-32(3,29)30/h10-12,23H,4-9H2,1-3H3. The van der Waals surface area contributed by atoms with Crippen molar-refractivity contribution in [2.24, 2.45) is 0 Å². The Kier molecular flexibility index (Phi) is 10.2. The first-order valence-corrected chi connectivity index (χ1v) is 11.7. The van der Waals surface area contributed by atoms with Crippen LogP contribution in [0.5, 0.6) is 0 Å². The van der Waals surface area contributed by atoms with E-state index >= 15 is 0 Å². The van der Waals surface area contributed by atoms with Crippen LogP contribution in [0, 0.1) is 20.2 Å². The first kappa shape index (κ1) is 27.5. The molecule has 0 unspecified atom stereocenters. The fraction of sp³-hybridized carbons (Fsp3) is 0.588. The van der Waals surface area contributed by atoms with E-state index in [2.05, 4.69) is 0 Å². The van der Waals surface area contributed by atoms with Gasteiger partial charge in [0, 0.05) is 37.6 Å². The van der Waals surface area contributed by atoms with E-state index in [1.54, 1.807) is 13.8 Å². The number of alkyl halides is 1. The van der Waals surface area contributed by atoms with Crippen molar-refractivity contribution in [3.63, 3.8) is 0 Å². The zero-order valence-corrected chi connectivity index (χ0v) is 19.3. The van der Waals surface area contributed by atoms with Crippen molar-refractivity contribution in [3.05, 3.63) is 37.9 Å². The predicted molar refractivity (Wildman–Crippen MR) is 117 cm³/mol. The molecule has 0 spiro atoms. The third-order valence-electron chi connectivity index (χ3n) is 4.27. The van der Waals surface area contributed by atoms with Gasteiger partial charge in [-0.25, -0.2) is 0 Å². The fourth-order valence-electron chi connectivity index (χ4n) is 2.94. The molecule has 0 aliphatic carbocycles. The summed E-state index contributed by atoms with van der Waals surface area (Å²) in [6.07, 6.45) is 0.831. The monoisotopic (exact) mass is 496 g/mol. The molecule has 0 atom stereocenters. The second kappa shape index (κ2) is 11.9. The van der Waals surface area contributed by atoms with E-state index in [1.807, 2.05) is 0 Å². The van der Waals surface area contributed by atoms with Crippen LogP contribution in [0.4, 0.5) is 17.1 Å². The molecule has 0 heterocycles. The van der Waals surface area contributed by atoms with Gasteiger partial charge in [0.1, 0.15) is 5.69 Å². The van der Waals surface area contributed by atoms with Crippen molar-refractivity contribution in [1.82, 2.24) is 4.90 Å². The number of aliphatic hydroxyl groups excluding tert-OH is 1. The van der Waals surface area contributed by atoms with E-state index in [1.165, 1.54) is 9.80 Å². The molecule has 0 bridgehead atoms. The molecule has 180 valence electrons. The minimum Gasteiger partial charge on any atom is -0.395 e. The van der Waals surface area contributed by atoms with Crippen LogP contribution in [0.3, 0.4) is 0 Å². The summed E-state index contributed by atoms with van der Waals surface area (Å²) in [5.74, 6) is -0.829. The topological polar surface area (TPSA) is 173 Å². The number of aliphatic hydroxyl groups is 1. The molecule has 1 aromatic rings. The molecule has 0 aliphatic rings. The van der Waals surface area contributed by atoms with Gasteiger partial charge >= 0.3 is 0 Å². The number of carbonyl (C=O) groups is 1. The van der Waals surface area contributed by atoms with Crippen molar-refractivity contribution < 1.29 is 32.3 Å². The molecule has 0 saturated heterocycles. The summed E-state index contributed by atoms with van der Waals surface area (Å²) in [5, 5.41) is 32.5. The molecule has 32 heavy (non-hydrogen) atoms. The molecule has 1 amide bonds. The first-order chi connectivity index (χ1) is 14.8. The van der Waals surface area contributed by atoms with Crippen LogP contribution in [-0.2, 0) is 14.3 Å². The second-order valence-corrected chi connectivity index (χ2v) is 8.92. The second-order valence-electron chi connectivity index (χ2n) is 6.89. The number of benzene rings is 1. The molecule has 0 radical (unpaired) electrons. The molecular formula is C17H25ClN4O9S. The van der Waals surface area contributed by atoms with Gasteiger partial charge in [-0.2, -0.15) is 8.42 Å². The number of halogens is 1. The normalized spacial score (nSPS) is 11.4. The van der Waals surface area contributed by atoms with Crippen molar-refractivity contribution in [2.45, 2.75) is 19.9 Å². The van der Waals surface area contributed by atoms with E-state index in [4.69, 9.17) is 15.8 Å². The molecule has 1 aromatic carbocycles. The molecule has 0 saturated carbocycles. The van der Waals surface area contributed by atoms with Gasteiger partial charge in [0.05, 0.1) is 40.9 Å². The number of carbonyl (C=O) groups excluding carboxylic acids is 1. The summed E-state index contributed by atoms with van der Waals surface area (Å²) >= 11 is 5.82. The Labute approximate surface area is 189 Å². The van der Waals surface area contributed by atoms with Gasteiger partial charge in [0.15, 0.2) is 0 Å². The van der Waals surface area contributed by atoms with Crippen LogP contribution >= 0.6 is 11.6 Å². The lowest BCUT2D eigenvalue weighted by atomic mass is 10.1. The smallest absolute Gasteiger partial charge is 0.300 e. The molecule has 0 aromatic heterocycles. The molecule has 0 aliphatic heterocycles. The number of nitro benzene ring substituents is 2. The van der Waals surface area contributed by atoms with Crippen molar-refractivity contribution in [3.8, 4) is 0 Å². The Morgan fingerprint density at radius 1 is 1.19 bits per heavy atom. The number of anilines is 1. The van der Waals surface area contributed by atoms with Crippen molar-refractivity contribution in [2.75, 3.05) is 49.9 Å². The summed E-state index contributed by atoms with van der Waals surface area (Å²) in [4.78, 5) is 37.2. The minimum atomic E-state index is -3.81. The molecule has 1 rings (SSSR count). The number of nitro groups is 2. The maximum Gasteiger partial charge on any atom is 0.300 e. The zero-order chi connectivity index (χ0) is 24.6. The van der Waals surface area contributed by atoms with Crippen LogP contribution in [0.1, 0.15) is 24.2 Å². The summed E-state index contributed by atoms with van der Waals surface area (Å²) in [7, 11) is -3.81. The highest BCUT2D eigenvalue weighted by atomic mass is 35.5. The van der Waals surface area contributed by atoms with Gasteiger partial charge < -0.3 is 14.9 Å². The van der Waals surface area contributed by atoms with Gasteiger partial charge in [-0.1, -0.05) is 0 Å². The number of non-ortho nitro benzene ring substituents is 1. The van der Waals surface area contributed by atoms with Gasteiger partial charge in [-0.05, 0) is 13.8 Å². The van der Waals surface area contributed by atoms with E-state index in [-0.39, 0.29) is 36.8 Å². The lowest BCUT2D eigenvalue weighted by molar-refractivity contribution is -0.393. The molecule has 13 nitrogen and oxygen atoms in total. The molecule has 0 fully saturated rings. The average Bonchev–Trinajstić information content (AvgIpc) is 2.68. The largest absolute Gasteiger partial charge is 0.395 e. The quantitative estimate of drug-likeness (QED) is 0.182. The number of hydrogen-bond donors (Lipinski definition) is 1. The Hall–Kier alpha value is -2.55. The first-order valence-electron chi connectivity index (χ1n) is 9.38. The molecular weight excluding hydrogens is 472 g/mol. The number of rotatable bonds is 13. The molecule has 15 heteroatoms. The highest BCUT2D eigenvalue weighted by molar-refractivity contribution is 7.85. The van der Waals surface area contributed by atoms with Crippen LogP contribution in [0.15, 0.2) is 12.1 Å². The third-order valence-corrected chi connectivity index (χ3v) is 5.03. The average molecular weight is 497 g/mol. The van der Waals surface area contributed by atoms with E-state index in [0.29, 0.717) is 0 Å².